The topological polar surface area (TPSA) is 43.4 Å². The predicted molar refractivity (Wildman–Crippen MR) is 41.3 cm³/mol. The molecule has 3 heteroatoms. The van der Waals surface area contributed by atoms with E-state index in [1.165, 1.54) is 7.11 Å². The zero-order valence-corrected chi connectivity index (χ0v) is 7.08. The summed E-state index contributed by atoms with van der Waals surface area (Å²) in [5, 5.41) is 0. The molecule has 0 saturated heterocycles. The van der Waals surface area contributed by atoms with E-state index in [1.54, 1.807) is 0 Å². The zero-order valence-electron chi connectivity index (χ0n) is 7.08. The third-order valence-corrected chi connectivity index (χ3v) is 3.18. The lowest BCUT2D eigenvalue weighted by Gasteiger charge is -2.36. The van der Waals surface area contributed by atoms with Gasteiger partial charge in [0.2, 0.25) is 0 Å². The van der Waals surface area contributed by atoms with Gasteiger partial charge < -0.3 is 4.74 Å². The number of ether oxygens (including phenoxy) is 1. The fraction of sp³-hybridized carbons (Fsp3) is 0.778. The van der Waals surface area contributed by atoms with Crippen molar-refractivity contribution in [2.45, 2.75) is 19.3 Å². The van der Waals surface area contributed by atoms with Gasteiger partial charge in [-0.3, -0.25) is 9.59 Å². The third kappa shape index (κ3) is 0.886. The number of rotatable bonds is 1. The summed E-state index contributed by atoms with van der Waals surface area (Å²) >= 11 is 0. The van der Waals surface area contributed by atoms with E-state index >= 15 is 0 Å². The third-order valence-electron chi connectivity index (χ3n) is 3.18. The molecule has 0 N–H and O–H groups in total. The second kappa shape index (κ2) is 2.57. The number of esters is 1. The van der Waals surface area contributed by atoms with E-state index in [9.17, 15) is 9.59 Å². The van der Waals surface area contributed by atoms with Gasteiger partial charge in [0, 0.05) is 12.3 Å². The van der Waals surface area contributed by atoms with Gasteiger partial charge in [0.25, 0.3) is 0 Å². The van der Waals surface area contributed by atoms with Gasteiger partial charge in [-0.1, -0.05) is 0 Å². The first-order valence-corrected chi connectivity index (χ1v) is 4.34. The van der Waals surface area contributed by atoms with Gasteiger partial charge in [0.15, 0.2) is 0 Å². The standard InChI is InChI=1S/C9H12O3/c1-12-9(11)7-4-6-5(7)2-3-8(6)10/h5-7H,2-4H2,1H3/t5-,6-,7+/m1/s1. The Balaban J connectivity index is 2.01. The van der Waals surface area contributed by atoms with Crippen LogP contribution in [0.1, 0.15) is 19.3 Å². The van der Waals surface area contributed by atoms with E-state index in [4.69, 9.17) is 0 Å². The average molecular weight is 168 g/mol. The minimum atomic E-state index is -0.133. The molecule has 0 radical (unpaired) electrons. The maximum atomic E-state index is 11.1. The van der Waals surface area contributed by atoms with Crippen LogP contribution in [0, 0.1) is 17.8 Å². The quantitative estimate of drug-likeness (QED) is 0.543. The molecule has 0 heterocycles. The van der Waals surface area contributed by atoms with Gasteiger partial charge in [-0.15, -0.1) is 0 Å². The summed E-state index contributed by atoms with van der Waals surface area (Å²) in [7, 11) is 1.41. The Kier molecular flexibility index (Phi) is 1.67. The van der Waals surface area contributed by atoms with Crippen molar-refractivity contribution in [1.82, 2.24) is 0 Å². The van der Waals surface area contributed by atoms with Gasteiger partial charge >= 0.3 is 5.97 Å². The van der Waals surface area contributed by atoms with Gasteiger partial charge in [-0.25, -0.2) is 0 Å². The predicted octanol–water partition coefficient (Wildman–Crippen LogP) is 0.775. The molecule has 2 rings (SSSR count). The zero-order chi connectivity index (χ0) is 8.72. The van der Waals surface area contributed by atoms with Crippen LogP contribution in [0.3, 0.4) is 0 Å². The van der Waals surface area contributed by atoms with Crippen LogP contribution in [-0.4, -0.2) is 18.9 Å². The Morgan fingerprint density at radius 2 is 2.33 bits per heavy atom. The molecule has 3 nitrogen and oxygen atoms in total. The molecule has 0 bridgehead atoms. The van der Waals surface area contributed by atoms with Crippen molar-refractivity contribution in [2.24, 2.45) is 17.8 Å². The molecule has 0 spiro atoms. The summed E-state index contributed by atoms with van der Waals surface area (Å²) in [5.41, 5.74) is 0. The molecule has 0 aromatic carbocycles. The minimum Gasteiger partial charge on any atom is -0.469 e. The van der Waals surface area contributed by atoms with Crippen LogP contribution in [0.15, 0.2) is 0 Å². The van der Waals surface area contributed by atoms with E-state index in [1.807, 2.05) is 0 Å². The molecule has 66 valence electrons. The minimum absolute atomic E-state index is 0.0199. The van der Waals surface area contributed by atoms with Crippen molar-refractivity contribution in [2.75, 3.05) is 7.11 Å². The number of ketones is 1. The highest BCUT2D eigenvalue weighted by Crippen LogP contribution is 2.49. The molecule has 2 aliphatic carbocycles. The van der Waals surface area contributed by atoms with Crippen molar-refractivity contribution in [1.29, 1.82) is 0 Å². The highest BCUT2D eigenvalue weighted by molar-refractivity contribution is 5.88. The Morgan fingerprint density at radius 3 is 2.92 bits per heavy atom. The number of Topliss-reactive ketones (excluding diaryl/α,β-unsaturated/α-hetero) is 1. The van der Waals surface area contributed by atoms with Crippen LogP contribution in [0.2, 0.25) is 0 Å². The maximum absolute atomic E-state index is 11.1. The molecular weight excluding hydrogens is 156 g/mol. The van der Waals surface area contributed by atoms with Crippen molar-refractivity contribution in [3.8, 4) is 0 Å². The van der Waals surface area contributed by atoms with Crippen molar-refractivity contribution in [3.63, 3.8) is 0 Å². The lowest BCUT2D eigenvalue weighted by atomic mass is 9.66. The molecule has 0 amide bonds. The molecule has 12 heavy (non-hydrogen) atoms. The Morgan fingerprint density at radius 1 is 1.58 bits per heavy atom. The number of carbonyl (C=O) groups excluding carboxylic acids is 2. The molecule has 0 aromatic rings. The van der Waals surface area contributed by atoms with Crippen LogP contribution >= 0.6 is 0 Å². The van der Waals surface area contributed by atoms with E-state index in [0.29, 0.717) is 18.1 Å². The highest BCUT2D eigenvalue weighted by Gasteiger charge is 2.52. The van der Waals surface area contributed by atoms with Gasteiger partial charge in [-0.2, -0.15) is 0 Å². The number of carbonyl (C=O) groups is 2. The normalized spacial score (nSPS) is 38.8. The van der Waals surface area contributed by atoms with E-state index in [0.717, 1.165) is 12.8 Å². The van der Waals surface area contributed by atoms with Gasteiger partial charge in [0.05, 0.1) is 13.0 Å². The number of methoxy groups -OCH3 is 1. The summed E-state index contributed by atoms with van der Waals surface area (Å²) in [6.07, 6.45) is 2.29. The van der Waals surface area contributed by atoms with Crippen LogP contribution in [0.25, 0.3) is 0 Å². The monoisotopic (exact) mass is 168 g/mol. The average Bonchev–Trinajstić information content (AvgIpc) is 2.27. The summed E-state index contributed by atoms with van der Waals surface area (Å²) in [4.78, 5) is 22.2. The van der Waals surface area contributed by atoms with Crippen LogP contribution in [-0.2, 0) is 14.3 Å². The molecule has 0 aliphatic heterocycles. The Bertz CT molecular complexity index is 234. The second-order valence-electron chi connectivity index (χ2n) is 3.64. The van der Waals surface area contributed by atoms with Crippen molar-refractivity contribution < 1.29 is 14.3 Å². The summed E-state index contributed by atoms with van der Waals surface area (Å²) in [6.45, 7) is 0. The summed E-state index contributed by atoms with van der Waals surface area (Å²) < 4.78 is 4.65. The lowest BCUT2D eigenvalue weighted by Crippen LogP contribution is -2.41. The molecular formula is C9H12O3. The van der Waals surface area contributed by atoms with Crippen LogP contribution in [0.5, 0.6) is 0 Å². The molecule has 2 aliphatic rings. The van der Waals surface area contributed by atoms with Gasteiger partial charge in [0.1, 0.15) is 5.78 Å². The van der Waals surface area contributed by atoms with E-state index in [2.05, 4.69) is 4.74 Å². The van der Waals surface area contributed by atoms with Gasteiger partial charge in [-0.05, 0) is 18.8 Å². The number of hydrogen-bond donors (Lipinski definition) is 0. The molecule has 2 fully saturated rings. The largest absolute Gasteiger partial charge is 0.469 e. The van der Waals surface area contributed by atoms with E-state index < -0.39 is 0 Å². The maximum Gasteiger partial charge on any atom is 0.308 e. The smallest absolute Gasteiger partial charge is 0.308 e. The van der Waals surface area contributed by atoms with Crippen molar-refractivity contribution in [3.05, 3.63) is 0 Å². The molecule has 2 saturated carbocycles. The van der Waals surface area contributed by atoms with Crippen LogP contribution < -0.4 is 0 Å². The molecule has 3 atom stereocenters. The molecule has 0 aromatic heterocycles. The fourth-order valence-corrected chi connectivity index (χ4v) is 2.40. The van der Waals surface area contributed by atoms with Crippen LogP contribution in [0.4, 0.5) is 0 Å². The lowest BCUT2D eigenvalue weighted by molar-refractivity contribution is -0.154. The Labute approximate surface area is 71.1 Å². The number of hydrogen-bond acceptors (Lipinski definition) is 3. The first-order chi connectivity index (χ1) is 5.74. The summed E-state index contributed by atoms with van der Waals surface area (Å²) in [5.74, 6) is 0.733. The first kappa shape index (κ1) is 7.77. The van der Waals surface area contributed by atoms with E-state index in [-0.39, 0.29) is 17.8 Å². The number of fused-ring (bicyclic) bond motifs is 1. The molecule has 0 unspecified atom stereocenters. The fourth-order valence-electron chi connectivity index (χ4n) is 2.40. The summed E-state index contributed by atoms with van der Waals surface area (Å²) in [6, 6.07) is 0. The first-order valence-electron chi connectivity index (χ1n) is 4.34. The SMILES string of the molecule is COC(=O)[C@H]1C[C@H]2C(=O)CC[C@@H]12. The van der Waals surface area contributed by atoms with Crippen molar-refractivity contribution >= 4 is 11.8 Å². The Hall–Kier alpha value is -0.860. The highest BCUT2D eigenvalue weighted by atomic mass is 16.5. The second-order valence-corrected chi connectivity index (χ2v) is 3.64.